The first-order chi connectivity index (χ1) is 13.8. The van der Waals surface area contributed by atoms with Crippen LogP contribution in [0.2, 0.25) is 0 Å². The smallest absolute Gasteiger partial charge is 0.219 e. The molecule has 0 radical (unpaired) electrons. The van der Waals surface area contributed by atoms with Gasteiger partial charge in [-0.2, -0.15) is 10.4 Å². The van der Waals surface area contributed by atoms with E-state index in [4.69, 9.17) is 4.74 Å². The average Bonchev–Trinajstić information content (AvgIpc) is 3.45. The van der Waals surface area contributed by atoms with E-state index in [1.54, 1.807) is 35.5 Å². The van der Waals surface area contributed by atoms with Crippen LogP contribution in [0.1, 0.15) is 48.7 Å². The van der Waals surface area contributed by atoms with E-state index in [0.717, 1.165) is 36.4 Å². The standard InChI is InChI=1S/C21H22N6O/c1-2-4-18-19(24-14-25-21(18)28-13-15-6-7-15)11-17-8-10-26-27(17)20-16(12-22)5-3-9-23-20/h3,5,8-10,14-15H,2,4,6-7,11,13H2,1H3. The van der Waals surface area contributed by atoms with Gasteiger partial charge in [-0.3, -0.25) is 0 Å². The Hall–Kier alpha value is -3.27. The van der Waals surface area contributed by atoms with Crippen molar-refractivity contribution in [2.45, 2.75) is 39.0 Å². The van der Waals surface area contributed by atoms with Crippen LogP contribution in [0.5, 0.6) is 5.88 Å². The maximum absolute atomic E-state index is 9.39. The Labute approximate surface area is 164 Å². The van der Waals surface area contributed by atoms with Gasteiger partial charge in [-0.25, -0.2) is 19.6 Å². The third-order valence-corrected chi connectivity index (χ3v) is 4.83. The van der Waals surface area contributed by atoms with E-state index >= 15 is 0 Å². The minimum absolute atomic E-state index is 0.484. The minimum Gasteiger partial charge on any atom is -0.477 e. The predicted octanol–water partition coefficient (Wildman–Crippen LogP) is 3.26. The average molecular weight is 374 g/mol. The van der Waals surface area contributed by atoms with Crippen molar-refractivity contribution in [1.29, 1.82) is 5.26 Å². The van der Waals surface area contributed by atoms with Gasteiger partial charge in [-0.1, -0.05) is 13.3 Å². The van der Waals surface area contributed by atoms with Gasteiger partial charge in [0.25, 0.3) is 0 Å². The van der Waals surface area contributed by atoms with Crippen molar-refractivity contribution in [3.05, 3.63) is 59.4 Å². The van der Waals surface area contributed by atoms with Crippen LogP contribution < -0.4 is 4.74 Å². The normalized spacial score (nSPS) is 13.3. The maximum Gasteiger partial charge on any atom is 0.219 e. The zero-order chi connectivity index (χ0) is 19.3. The van der Waals surface area contributed by atoms with Gasteiger partial charge >= 0.3 is 0 Å². The molecule has 7 nitrogen and oxygen atoms in total. The molecular formula is C21H22N6O. The van der Waals surface area contributed by atoms with Crippen LogP contribution in [0, 0.1) is 17.2 Å². The van der Waals surface area contributed by atoms with E-state index in [1.807, 2.05) is 6.07 Å². The Morgan fingerprint density at radius 1 is 1.21 bits per heavy atom. The molecule has 1 saturated carbocycles. The molecule has 0 N–H and O–H groups in total. The molecule has 1 fully saturated rings. The van der Waals surface area contributed by atoms with Crippen molar-refractivity contribution in [1.82, 2.24) is 24.7 Å². The van der Waals surface area contributed by atoms with Crippen LogP contribution in [-0.2, 0) is 12.8 Å². The largest absolute Gasteiger partial charge is 0.477 e. The first kappa shape index (κ1) is 18.1. The lowest BCUT2D eigenvalue weighted by atomic mass is 10.1. The number of ether oxygens (including phenoxy) is 1. The third-order valence-electron chi connectivity index (χ3n) is 4.83. The highest BCUT2D eigenvalue weighted by Gasteiger charge is 2.23. The molecule has 0 unspecified atom stereocenters. The van der Waals surface area contributed by atoms with Crippen LogP contribution in [-0.4, -0.2) is 31.3 Å². The first-order valence-corrected chi connectivity index (χ1v) is 9.64. The van der Waals surface area contributed by atoms with E-state index in [9.17, 15) is 5.26 Å². The number of nitrogens with zero attached hydrogens (tertiary/aromatic N) is 6. The topological polar surface area (TPSA) is 89.5 Å². The van der Waals surface area contributed by atoms with Crippen molar-refractivity contribution in [2.75, 3.05) is 6.61 Å². The molecule has 28 heavy (non-hydrogen) atoms. The molecule has 3 aromatic heterocycles. The summed E-state index contributed by atoms with van der Waals surface area (Å²) in [4.78, 5) is 13.3. The molecule has 0 aromatic carbocycles. The molecule has 0 spiro atoms. The summed E-state index contributed by atoms with van der Waals surface area (Å²) in [7, 11) is 0. The predicted molar refractivity (Wildman–Crippen MR) is 103 cm³/mol. The fourth-order valence-corrected chi connectivity index (χ4v) is 3.17. The van der Waals surface area contributed by atoms with E-state index in [2.05, 4.69) is 33.0 Å². The van der Waals surface area contributed by atoms with Gasteiger partial charge in [0.15, 0.2) is 5.82 Å². The Bertz CT molecular complexity index is 1000. The van der Waals surface area contributed by atoms with Crippen LogP contribution in [0.3, 0.4) is 0 Å². The second-order valence-corrected chi connectivity index (χ2v) is 7.01. The van der Waals surface area contributed by atoms with Gasteiger partial charge in [-0.05, 0) is 43.4 Å². The highest BCUT2D eigenvalue weighted by molar-refractivity contribution is 5.44. The summed E-state index contributed by atoms with van der Waals surface area (Å²) in [5, 5.41) is 13.8. The number of aromatic nitrogens is 5. The summed E-state index contributed by atoms with van der Waals surface area (Å²) >= 11 is 0. The summed E-state index contributed by atoms with van der Waals surface area (Å²) in [6.45, 7) is 2.86. The van der Waals surface area contributed by atoms with E-state index in [1.165, 1.54) is 12.8 Å². The van der Waals surface area contributed by atoms with Crippen molar-refractivity contribution >= 4 is 0 Å². The molecule has 0 aliphatic heterocycles. The third kappa shape index (κ3) is 3.86. The molecule has 3 heterocycles. The molecule has 142 valence electrons. The molecule has 1 aliphatic carbocycles. The SMILES string of the molecule is CCCc1c(Cc2ccnn2-c2ncccc2C#N)ncnc1OCC1CC1. The van der Waals surface area contributed by atoms with Gasteiger partial charge in [0.2, 0.25) is 5.88 Å². The molecule has 1 aliphatic rings. The fraction of sp³-hybridized carbons (Fsp3) is 0.381. The molecular weight excluding hydrogens is 352 g/mol. The fourth-order valence-electron chi connectivity index (χ4n) is 3.17. The van der Waals surface area contributed by atoms with Gasteiger partial charge in [0.05, 0.1) is 23.6 Å². The van der Waals surface area contributed by atoms with Crippen LogP contribution >= 0.6 is 0 Å². The molecule has 0 bridgehead atoms. The Kier molecular flexibility index (Phi) is 5.29. The number of rotatable bonds is 8. The molecule has 0 saturated heterocycles. The minimum atomic E-state index is 0.484. The van der Waals surface area contributed by atoms with E-state index in [-0.39, 0.29) is 0 Å². The highest BCUT2D eigenvalue weighted by atomic mass is 16.5. The van der Waals surface area contributed by atoms with Crippen LogP contribution in [0.15, 0.2) is 36.9 Å². The molecule has 4 rings (SSSR count). The first-order valence-electron chi connectivity index (χ1n) is 9.64. The van der Waals surface area contributed by atoms with Gasteiger partial charge < -0.3 is 4.74 Å². The zero-order valence-corrected chi connectivity index (χ0v) is 15.9. The number of hydrogen-bond donors (Lipinski definition) is 0. The molecule has 3 aromatic rings. The molecule has 7 heteroatoms. The van der Waals surface area contributed by atoms with Crippen LogP contribution in [0.25, 0.3) is 5.82 Å². The summed E-state index contributed by atoms with van der Waals surface area (Å²) in [5.74, 6) is 1.89. The Morgan fingerprint density at radius 3 is 2.89 bits per heavy atom. The lowest BCUT2D eigenvalue weighted by Crippen LogP contribution is -2.11. The summed E-state index contributed by atoms with van der Waals surface area (Å²) in [5.41, 5.74) is 3.38. The summed E-state index contributed by atoms with van der Waals surface area (Å²) < 4.78 is 7.71. The highest BCUT2D eigenvalue weighted by Crippen LogP contribution is 2.30. The lowest BCUT2D eigenvalue weighted by Gasteiger charge is -2.14. The second-order valence-electron chi connectivity index (χ2n) is 7.01. The quantitative estimate of drug-likeness (QED) is 0.601. The van der Waals surface area contributed by atoms with Crippen LogP contribution in [0.4, 0.5) is 0 Å². The van der Waals surface area contributed by atoms with E-state index in [0.29, 0.717) is 29.6 Å². The van der Waals surface area contributed by atoms with Gasteiger partial charge in [0.1, 0.15) is 12.4 Å². The van der Waals surface area contributed by atoms with Crippen molar-refractivity contribution in [2.24, 2.45) is 5.92 Å². The van der Waals surface area contributed by atoms with Crippen molar-refractivity contribution < 1.29 is 4.74 Å². The molecule has 0 amide bonds. The van der Waals surface area contributed by atoms with Gasteiger partial charge in [-0.15, -0.1) is 0 Å². The molecule has 0 atom stereocenters. The number of hydrogen-bond acceptors (Lipinski definition) is 6. The maximum atomic E-state index is 9.39. The van der Waals surface area contributed by atoms with E-state index < -0.39 is 0 Å². The Morgan fingerprint density at radius 2 is 2.11 bits per heavy atom. The zero-order valence-electron chi connectivity index (χ0n) is 15.9. The summed E-state index contributed by atoms with van der Waals surface area (Å²) in [6, 6.07) is 7.60. The monoisotopic (exact) mass is 374 g/mol. The van der Waals surface area contributed by atoms with Crippen molar-refractivity contribution in [3.63, 3.8) is 0 Å². The van der Waals surface area contributed by atoms with Gasteiger partial charge in [0, 0.05) is 24.4 Å². The Balaban J connectivity index is 1.65. The summed E-state index contributed by atoms with van der Waals surface area (Å²) in [6.07, 6.45) is 9.85. The van der Waals surface area contributed by atoms with Crippen molar-refractivity contribution in [3.8, 4) is 17.8 Å². The number of nitriles is 1. The number of pyridine rings is 1. The second kappa shape index (κ2) is 8.17. The lowest BCUT2D eigenvalue weighted by molar-refractivity contribution is 0.284.